The zero-order valence-corrected chi connectivity index (χ0v) is 18.1. The molecule has 0 aromatic heterocycles. The summed E-state index contributed by atoms with van der Waals surface area (Å²) in [6.45, 7) is 1.37. The van der Waals surface area contributed by atoms with Crippen LogP contribution in [-0.4, -0.2) is 47.8 Å². The number of halogens is 2. The molecule has 0 unspecified atom stereocenters. The summed E-state index contributed by atoms with van der Waals surface area (Å²) >= 11 is 6.02. The number of amides is 1. The largest absolute Gasteiger partial charge is 0.351 e. The molecule has 0 heterocycles. The van der Waals surface area contributed by atoms with Crippen molar-refractivity contribution in [3.63, 3.8) is 0 Å². The van der Waals surface area contributed by atoms with Crippen LogP contribution in [0.5, 0.6) is 0 Å². The van der Waals surface area contributed by atoms with E-state index >= 15 is 0 Å². The third kappa shape index (κ3) is 5.68. The fourth-order valence-corrected chi connectivity index (χ4v) is 4.47. The molecule has 0 atom stereocenters. The number of hydrogen-bond donors (Lipinski definition) is 1. The molecule has 29 heavy (non-hydrogen) atoms. The number of carbonyl (C=O) groups excluding carboxylic acids is 1. The van der Waals surface area contributed by atoms with Crippen LogP contribution in [0.15, 0.2) is 47.4 Å². The van der Waals surface area contributed by atoms with Gasteiger partial charge in [0.2, 0.25) is 0 Å². The highest BCUT2D eigenvalue weighted by Crippen LogP contribution is 2.26. The Morgan fingerprint density at radius 1 is 1.10 bits per heavy atom. The number of benzene rings is 2. The van der Waals surface area contributed by atoms with Gasteiger partial charge < -0.3 is 5.32 Å². The molecule has 0 radical (unpaired) electrons. The monoisotopic (exact) mass is 462 g/mol. The maximum atomic E-state index is 13.1. The van der Waals surface area contributed by atoms with Gasteiger partial charge in [-0.3, -0.25) is 9.10 Å². The molecule has 0 fully saturated rings. The van der Waals surface area contributed by atoms with Crippen LogP contribution in [-0.2, 0) is 19.9 Å². The number of anilines is 1. The first-order chi connectivity index (χ1) is 13.5. The number of carbonyl (C=O) groups is 1. The average Bonchev–Trinajstić information content (AvgIpc) is 2.68. The number of nitrogens with one attached hydrogen (secondary N) is 1. The predicted molar refractivity (Wildman–Crippen MR) is 110 cm³/mol. The van der Waals surface area contributed by atoms with Crippen molar-refractivity contribution in [2.45, 2.75) is 11.8 Å². The smallest absolute Gasteiger partial charge is 0.264 e. The molecule has 158 valence electrons. The minimum atomic E-state index is -4.05. The van der Waals surface area contributed by atoms with E-state index in [0.29, 0.717) is 0 Å². The number of hydrogen-bond acceptors (Lipinski definition) is 5. The van der Waals surface area contributed by atoms with Crippen molar-refractivity contribution >= 4 is 43.1 Å². The first-order valence-electron chi connectivity index (χ1n) is 8.50. The van der Waals surface area contributed by atoms with Crippen LogP contribution < -0.4 is 9.62 Å². The Hall–Kier alpha value is -2.17. The second-order valence-corrected chi connectivity index (χ2v) is 10.9. The van der Waals surface area contributed by atoms with E-state index in [4.69, 9.17) is 11.6 Å². The minimum absolute atomic E-state index is 0.0178. The van der Waals surface area contributed by atoms with Crippen molar-refractivity contribution < 1.29 is 26.0 Å². The molecule has 0 bridgehead atoms. The van der Waals surface area contributed by atoms with E-state index in [-0.39, 0.29) is 39.2 Å². The summed E-state index contributed by atoms with van der Waals surface area (Å²) in [7, 11) is -6.01. The van der Waals surface area contributed by atoms with E-state index in [2.05, 4.69) is 5.32 Å². The second-order valence-electron chi connectivity index (χ2n) is 6.08. The lowest BCUT2D eigenvalue weighted by molar-refractivity contribution is 0.0956. The van der Waals surface area contributed by atoms with Crippen molar-refractivity contribution in [2.24, 2.45) is 0 Å². The number of rotatable bonds is 8. The van der Waals surface area contributed by atoms with Crippen LogP contribution in [0.2, 0.25) is 5.02 Å². The molecule has 1 amide bonds. The maximum Gasteiger partial charge on any atom is 0.264 e. The predicted octanol–water partition coefficient (Wildman–Crippen LogP) is 2.47. The topological polar surface area (TPSA) is 101 Å². The maximum absolute atomic E-state index is 13.1. The van der Waals surface area contributed by atoms with Gasteiger partial charge in [-0.25, -0.2) is 21.2 Å². The molecule has 0 saturated carbocycles. The van der Waals surface area contributed by atoms with Gasteiger partial charge in [-0.15, -0.1) is 0 Å². The van der Waals surface area contributed by atoms with Crippen LogP contribution in [0.25, 0.3) is 0 Å². The Balaban J connectivity index is 2.26. The molecule has 11 heteroatoms. The third-order valence-corrected chi connectivity index (χ3v) is 7.99. The molecular weight excluding hydrogens is 443 g/mol. The zero-order chi connectivity index (χ0) is 21.8. The van der Waals surface area contributed by atoms with Gasteiger partial charge in [0.1, 0.15) is 5.82 Å². The van der Waals surface area contributed by atoms with Crippen LogP contribution in [0.3, 0.4) is 0 Å². The fraction of sp³-hybridized carbons (Fsp3) is 0.278. The van der Waals surface area contributed by atoms with Crippen LogP contribution in [0, 0.1) is 5.82 Å². The van der Waals surface area contributed by atoms with E-state index < -0.39 is 31.6 Å². The van der Waals surface area contributed by atoms with Gasteiger partial charge in [0, 0.05) is 19.3 Å². The third-order valence-electron chi connectivity index (χ3n) is 4.17. The zero-order valence-electron chi connectivity index (χ0n) is 15.7. The highest BCUT2D eigenvalue weighted by atomic mass is 35.5. The lowest BCUT2D eigenvalue weighted by Crippen LogP contribution is -2.30. The fourth-order valence-electron chi connectivity index (χ4n) is 2.35. The summed E-state index contributed by atoms with van der Waals surface area (Å²) in [5, 5.41) is 2.44. The Bertz CT molecular complexity index is 1100. The lowest BCUT2D eigenvalue weighted by atomic mass is 10.2. The molecule has 0 aliphatic rings. The average molecular weight is 463 g/mol. The van der Waals surface area contributed by atoms with Gasteiger partial charge in [-0.05, 0) is 42.5 Å². The quantitative estimate of drug-likeness (QED) is 0.649. The van der Waals surface area contributed by atoms with Crippen molar-refractivity contribution in [1.82, 2.24) is 5.32 Å². The van der Waals surface area contributed by atoms with Crippen LogP contribution >= 0.6 is 11.6 Å². The highest BCUT2D eigenvalue weighted by Gasteiger charge is 2.24. The van der Waals surface area contributed by atoms with Gasteiger partial charge >= 0.3 is 0 Å². The van der Waals surface area contributed by atoms with Gasteiger partial charge in [0.25, 0.3) is 15.9 Å². The summed E-state index contributed by atoms with van der Waals surface area (Å²) in [5.41, 5.74) is 0.131. The standard InChI is InChI=1S/C18H20ClFN2O5S2/c1-3-28(24,25)11-10-21-18(23)16-12-15(8-9-17(16)19)29(26,27)22(2)14-6-4-13(20)5-7-14/h4-9,12H,3,10-11H2,1-2H3,(H,21,23). The summed E-state index contributed by atoms with van der Waals surface area (Å²) in [6, 6.07) is 8.51. The molecule has 0 aliphatic carbocycles. The van der Waals surface area contributed by atoms with E-state index in [1.807, 2.05) is 0 Å². The first kappa shape index (κ1) is 23.1. The Morgan fingerprint density at radius 3 is 2.31 bits per heavy atom. The van der Waals surface area contributed by atoms with E-state index in [0.717, 1.165) is 22.5 Å². The SMILES string of the molecule is CCS(=O)(=O)CCNC(=O)c1cc(S(=O)(=O)N(C)c2ccc(F)cc2)ccc1Cl. The molecular formula is C18H20ClFN2O5S2. The summed E-state index contributed by atoms with van der Waals surface area (Å²) in [4.78, 5) is 12.2. The van der Waals surface area contributed by atoms with Crippen LogP contribution in [0.1, 0.15) is 17.3 Å². The Morgan fingerprint density at radius 2 is 1.72 bits per heavy atom. The molecule has 0 aliphatic heterocycles. The molecule has 1 N–H and O–H groups in total. The normalized spacial score (nSPS) is 11.9. The highest BCUT2D eigenvalue weighted by molar-refractivity contribution is 7.92. The van der Waals surface area contributed by atoms with Crippen molar-refractivity contribution in [2.75, 3.05) is 29.4 Å². The van der Waals surface area contributed by atoms with Gasteiger partial charge in [0.15, 0.2) is 9.84 Å². The van der Waals surface area contributed by atoms with E-state index in [1.54, 1.807) is 0 Å². The van der Waals surface area contributed by atoms with Crippen LogP contribution in [0.4, 0.5) is 10.1 Å². The summed E-state index contributed by atoms with van der Waals surface area (Å²) < 4.78 is 62.8. The molecule has 2 rings (SSSR count). The second kappa shape index (κ2) is 9.10. The molecule has 2 aromatic rings. The Kier molecular flexibility index (Phi) is 7.25. The molecule has 0 spiro atoms. The number of sulfonamides is 1. The van der Waals surface area contributed by atoms with E-state index in [1.165, 1.54) is 38.2 Å². The van der Waals surface area contributed by atoms with E-state index in [9.17, 15) is 26.0 Å². The van der Waals surface area contributed by atoms with Gasteiger partial charge in [-0.2, -0.15) is 0 Å². The lowest BCUT2D eigenvalue weighted by Gasteiger charge is -2.20. The first-order valence-corrected chi connectivity index (χ1v) is 12.1. The summed E-state index contributed by atoms with van der Waals surface area (Å²) in [6.07, 6.45) is 0. The molecule has 7 nitrogen and oxygen atoms in total. The van der Waals surface area contributed by atoms with Gasteiger partial charge in [-0.1, -0.05) is 18.5 Å². The minimum Gasteiger partial charge on any atom is -0.351 e. The van der Waals surface area contributed by atoms with Crippen molar-refractivity contribution in [1.29, 1.82) is 0 Å². The number of sulfone groups is 1. The molecule has 2 aromatic carbocycles. The Labute approximate surface area is 174 Å². The summed E-state index contributed by atoms with van der Waals surface area (Å²) in [5.74, 6) is -1.48. The number of nitrogens with zero attached hydrogens (tertiary/aromatic N) is 1. The van der Waals surface area contributed by atoms with Gasteiger partial charge in [0.05, 0.1) is 26.9 Å². The van der Waals surface area contributed by atoms with Crippen molar-refractivity contribution in [3.05, 3.63) is 58.9 Å². The molecule has 0 saturated heterocycles. The van der Waals surface area contributed by atoms with Crippen molar-refractivity contribution in [3.8, 4) is 0 Å².